The van der Waals surface area contributed by atoms with Gasteiger partial charge in [-0.25, -0.2) is 4.98 Å². The first-order valence-corrected chi connectivity index (χ1v) is 13.7. The summed E-state index contributed by atoms with van der Waals surface area (Å²) in [6, 6.07) is 15.6. The lowest BCUT2D eigenvalue weighted by atomic mass is 9.48. The fraction of sp³-hybridized carbons (Fsp3) is 0.483. The van der Waals surface area contributed by atoms with Crippen molar-refractivity contribution in [2.24, 2.45) is 23.2 Å². The third-order valence-electron chi connectivity index (χ3n) is 8.51. The Hall–Kier alpha value is -2.40. The van der Waals surface area contributed by atoms with E-state index in [9.17, 15) is 9.59 Å². The highest BCUT2D eigenvalue weighted by Gasteiger charge is 2.54. The lowest BCUT2D eigenvalue weighted by Crippen LogP contribution is -2.50. The van der Waals surface area contributed by atoms with Crippen LogP contribution in [0.25, 0.3) is 16.6 Å². The molecule has 4 nitrogen and oxygen atoms in total. The number of para-hydroxylation sites is 2. The van der Waals surface area contributed by atoms with Crippen LogP contribution in [0.4, 0.5) is 0 Å². The summed E-state index contributed by atoms with van der Waals surface area (Å²) in [6.45, 7) is 4.28. The second-order valence-corrected chi connectivity index (χ2v) is 12.1. The molecule has 0 unspecified atom stereocenters. The van der Waals surface area contributed by atoms with Crippen LogP contribution in [0.3, 0.4) is 0 Å². The molecule has 0 aliphatic heterocycles. The number of rotatable bonds is 6. The lowest BCUT2D eigenvalue weighted by Gasteiger charge is -2.56. The molecule has 2 aromatic carbocycles. The highest BCUT2D eigenvalue weighted by molar-refractivity contribution is 7.99. The number of aromatic nitrogens is 2. The second kappa shape index (κ2) is 8.37. The SMILES string of the molecule is CC(C)c1ccccc1-n1c(SCC(=O)C23CC4CC(CC(C4)C2)C3)nc2ccccc2c1=O. The molecule has 4 aliphatic carbocycles. The maximum Gasteiger partial charge on any atom is 0.266 e. The van der Waals surface area contributed by atoms with Gasteiger partial charge in [0.25, 0.3) is 5.56 Å². The summed E-state index contributed by atoms with van der Waals surface area (Å²) in [5.74, 6) is 3.27. The molecule has 4 fully saturated rings. The number of carbonyl (C=O) groups is 1. The van der Waals surface area contributed by atoms with E-state index in [2.05, 4.69) is 19.9 Å². The summed E-state index contributed by atoms with van der Waals surface area (Å²) < 4.78 is 1.75. The molecule has 1 aromatic heterocycles. The predicted octanol–water partition coefficient (Wildman–Crippen LogP) is 6.39. The molecule has 4 saturated carbocycles. The molecule has 176 valence electrons. The van der Waals surface area contributed by atoms with Gasteiger partial charge in [-0.05, 0) is 86.0 Å². The molecule has 0 saturated heterocycles. The van der Waals surface area contributed by atoms with E-state index in [-0.39, 0.29) is 16.9 Å². The Morgan fingerprint density at radius 2 is 1.62 bits per heavy atom. The molecule has 0 spiro atoms. The number of hydrogen-bond donors (Lipinski definition) is 0. The maximum absolute atomic E-state index is 13.7. The topological polar surface area (TPSA) is 52.0 Å². The normalized spacial score (nSPS) is 27.6. The zero-order valence-electron chi connectivity index (χ0n) is 20.0. The summed E-state index contributed by atoms with van der Waals surface area (Å²) in [5, 5.41) is 1.23. The number of hydrogen-bond acceptors (Lipinski definition) is 4. The number of benzene rings is 2. The van der Waals surface area contributed by atoms with Gasteiger partial charge in [0.1, 0.15) is 5.78 Å². The van der Waals surface area contributed by atoms with Gasteiger partial charge in [-0.1, -0.05) is 55.9 Å². The van der Waals surface area contributed by atoms with Gasteiger partial charge in [0.05, 0.1) is 22.3 Å². The Labute approximate surface area is 205 Å². The standard InChI is InChI=1S/C29H32N2O2S/c1-18(2)22-7-4-6-10-25(22)31-27(33)23-8-3-5-9-24(23)30-28(31)34-17-26(32)29-14-19-11-20(15-29)13-21(12-19)16-29/h3-10,18-21H,11-17H2,1-2H3. The van der Waals surface area contributed by atoms with Crippen LogP contribution in [-0.2, 0) is 4.79 Å². The largest absolute Gasteiger partial charge is 0.298 e. The Kier molecular flexibility index (Phi) is 5.44. The van der Waals surface area contributed by atoms with E-state index < -0.39 is 0 Å². The van der Waals surface area contributed by atoms with Crippen LogP contribution in [0.1, 0.15) is 63.9 Å². The lowest BCUT2D eigenvalue weighted by molar-refractivity contribution is -0.141. The van der Waals surface area contributed by atoms with E-state index in [1.54, 1.807) is 4.57 Å². The summed E-state index contributed by atoms with van der Waals surface area (Å²) in [7, 11) is 0. The minimum Gasteiger partial charge on any atom is -0.298 e. The van der Waals surface area contributed by atoms with Crippen LogP contribution in [0.2, 0.25) is 0 Å². The van der Waals surface area contributed by atoms with E-state index in [0.717, 1.165) is 48.3 Å². The van der Waals surface area contributed by atoms with Crippen molar-refractivity contribution in [3.05, 3.63) is 64.4 Å². The van der Waals surface area contributed by atoms with E-state index in [4.69, 9.17) is 4.98 Å². The average molecular weight is 473 g/mol. The summed E-state index contributed by atoms with van der Waals surface area (Å²) in [4.78, 5) is 32.3. The van der Waals surface area contributed by atoms with Crippen LogP contribution in [0.5, 0.6) is 0 Å². The van der Waals surface area contributed by atoms with Crippen molar-refractivity contribution in [2.45, 2.75) is 63.4 Å². The van der Waals surface area contributed by atoms with Gasteiger partial charge in [0, 0.05) is 5.41 Å². The predicted molar refractivity (Wildman–Crippen MR) is 138 cm³/mol. The van der Waals surface area contributed by atoms with Crippen molar-refractivity contribution in [3.8, 4) is 5.69 Å². The van der Waals surface area contributed by atoms with Gasteiger partial charge in [0.2, 0.25) is 0 Å². The van der Waals surface area contributed by atoms with Gasteiger partial charge in [-0.15, -0.1) is 0 Å². The van der Waals surface area contributed by atoms with E-state index in [1.165, 1.54) is 31.0 Å². The number of carbonyl (C=O) groups excluding carboxylic acids is 1. The minimum absolute atomic E-state index is 0.0662. The minimum atomic E-state index is -0.125. The fourth-order valence-corrected chi connectivity index (χ4v) is 8.38. The van der Waals surface area contributed by atoms with E-state index in [1.807, 2.05) is 42.5 Å². The third kappa shape index (κ3) is 3.64. The molecule has 4 bridgehead atoms. The van der Waals surface area contributed by atoms with Crippen LogP contribution in [0, 0.1) is 23.2 Å². The third-order valence-corrected chi connectivity index (χ3v) is 9.45. The van der Waals surface area contributed by atoms with Crippen LogP contribution in [-0.4, -0.2) is 21.1 Å². The Balaban J connectivity index is 1.38. The monoisotopic (exact) mass is 472 g/mol. The van der Waals surface area contributed by atoms with Crippen LogP contribution >= 0.6 is 11.8 Å². The maximum atomic E-state index is 13.7. The zero-order chi connectivity index (χ0) is 23.4. The van der Waals surface area contributed by atoms with Crippen molar-refractivity contribution >= 4 is 28.4 Å². The van der Waals surface area contributed by atoms with Crippen molar-refractivity contribution in [2.75, 3.05) is 5.75 Å². The van der Waals surface area contributed by atoms with E-state index >= 15 is 0 Å². The molecule has 7 rings (SSSR count). The molecule has 3 aromatic rings. The first kappa shape index (κ1) is 22.1. The summed E-state index contributed by atoms with van der Waals surface area (Å²) >= 11 is 1.45. The van der Waals surface area contributed by atoms with Gasteiger partial charge in [-0.3, -0.25) is 14.2 Å². The van der Waals surface area contributed by atoms with Crippen LogP contribution < -0.4 is 5.56 Å². The van der Waals surface area contributed by atoms with Gasteiger partial charge < -0.3 is 0 Å². The molecule has 4 aliphatic rings. The number of nitrogens with zero attached hydrogens (tertiary/aromatic N) is 2. The molecule has 1 heterocycles. The molecule has 0 N–H and O–H groups in total. The molecule has 0 amide bonds. The Bertz CT molecular complexity index is 1290. The van der Waals surface area contributed by atoms with Crippen molar-refractivity contribution in [1.82, 2.24) is 9.55 Å². The number of Topliss-reactive ketones (excluding diaryl/α,β-unsaturated/α-hetero) is 1. The molecule has 0 atom stereocenters. The number of thioether (sulfide) groups is 1. The smallest absolute Gasteiger partial charge is 0.266 e. The number of fused-ring (bicyclic) bond motifs is 1. The van der Waals surface area contributed by atoms with Crippen molar-refractivity contribution in [1.29, 1.82) is 0 Å². The molecule has 5 heteroatoms. The summed E-state index contributed by atoms with van der Waals surface area (Å²) in [6.07, 6.45) is 7.22. The first-order valence-electron chi connectivity index (χ1n) is 12.7. The second-order valence-electron chi connectivity index (χ2n) is 11.2. The molecule has 0 radical (unpaired) electrons. The molecule has 34 heavy (non-hydrogen) atoms. The van der Waals surface area contributed by atoms with Crippen molar-refractivity contribution in [3.63, 3.8) is 0 Å². The average Bonchev–Trinajstić information content (AvgIpc) is 2.82. The highest BCUT2D eigenvalue weighted by atomic mass is 32.2. The fourth-order valence-electron chi connectivity index (χ4n) is 7.34. The van der Waals surface area contributed by atoms with Crippen molar-refractivity contribution < 1.29 is 4.79 Å². The van der Waals surface area contributed by atoms with Gasteiger partial charge in [0.15, 0.2) is 5.16 Å². The van der Waals surface area contributed by atoms with Crippen LogP contribution in [0.15, 0.2) is 58.5 Å². The van der Waals surface area contributed by atoms with Gasteiger partial charge in [-0.2, -0.15) is 0 Å². The van der Waals surface area contributed by atoms with Gasteiger partial charge >= 0.3 is 0 Å². The highest BCUT2D eigenvalue weighted by Crippen LogP contribution is 2.60. The quantitative estimate of drug-likeness (QED) is 0.308. The number of ketones is 1. The molecular formula is C29H32N2O2S. The first-order chi connectivity index (χ1) is 16.4. The Morgan fingerprint density at radius 3 is 2.29 bits per heavy atom. The summed E-state index contributed by atoms with van der Waals surface area (Å²) in [5.41, 5.74) is 2.47. The van der Waals surface area contributed by atoms with E-state index in [0.29, 0.717) is 27.6 Å². The molecular weight excluding hydrogens is 440 g/mol. The zero-order valence-corrected chi connectivity index (χ0v) is 20.8. The Morgan fingerprint density at radius 1 is 1.00 bits per heavy atom.